The van der Waals surface area contributed by atoms with E-state index >= 15 is 0 Å². The highest BCUT2D eigenvalue weighted by atomic mass is 79.9. The fourth-order valence-corrected chi connectivity index (χ4v) is 4.26. The predicted octanol–water partition coefficient (Wildman–Crippen LogP) is 4.74. The minimum atomic E-state index is -0.703. The molecule has 2 N–H and O–H groups in total. The lowest BCUT2D eigenvalue weighted by atomic mass is 10.1. The Hall–Kier alpha value is -4.36. The quantitative estimate of drug-likeness (QED) is 0.195. The third kappa shape index (κ3) is 6.26. The molecular weight excluding hydrogens is 617 g/mol. The van der Waals surface area contributed by atoms with Gasteiger partial charge in [0.15, 0.2) is 18.1 Å². The molecule has 0 spiro atoms. The molecule has 4 amide bonds. The Bertz CT molecular complexity index is 1540. The number of anilines is 1. The van der Waals surface area contributed by atoms with Gasteiger partial charge < -0.3 is 29.3 Å². The van der Waals surface area contributed by atoms with E-state index in [1.165, 1.54) is 56.7 Å². The van der Waals surface area contributed by atoms with Gasteiger partial charge in [0, 0.05) is 10.2 Å². The Kier molecular flexibility index (Phi) is 8.75. The second kappa shape index (κ2) is 12.2. The molecule has 0 atom stereocenters. The molecule has 2 aromatic carbocycles. The summed E-state index contributed by atoms with van der Waals surface area (Å²) in [5.41, 5.74) is 0.546. The van der Waals surface area contributed by atoms with Crippen molar-refractivity contribution < 1.29 is 42.2 Å². The summed E-state index contributed by atoms with van der Waals surface area (Å²) in [6.45, 7) is -0.692. The molecule has 11 nitrogen and oxygen atoms in total. The van der Waals surface area contributed by atoms with E-state index in [1.807, 2.05) is 0 Å². The van der Waals surface area contributed by atoms with Gasteiger partial charge in [-0.25, -0.2) is 14.0 Å². The molecule has 3 aromatic rings. The van der Waals surface area contributed by atoms with Crippen LogP contribution in [0.15, 0.2) is 57.1 Å². The van der Waals surface area contributed by atoms with Gasteiger partial charge in [0.05, 0.1) is 20.8 Å². The maximum absolute atomic E-state index is 13.4. The molecule has 0 unspecified atom stereocenters. The first kappa shape index (κ1) is 28.6. The lowest BCUT2D eigenvalue weighted by molar-refractivity contribution is -0.123. The predicted molar refractivity (Wildman–Crippen MR) is 143 cm³/mol. The largest absolute Gasteiger partial charge is 0.493 e. The first-order valence-corrected chi connectivity index (χ1v) is 12.5. The van der Waals surface area contributed by atoms with Crippen LogP contribution in [0.5, 0.6) is 11.5 Å². The van der Waals surface area contributed by atoms with Crippen LogP contribution in [-0.2, 0) is 20.9 Å². The van der Waals surface area contributed by atoms with Crippen molar-refractivity contribution in [2.45, 2.75) is 6.54 Å². The Morgan fingerprint density at radius 3 is 2.67 bits per heavy atom. The fourth-order valence-electron chi connectivity index (χ4n) is 3.60. The Morgan fingerprint density at radius 2 is 1.98 bits per heavy atom. The molecule has 4 rings (SSSR count). The van der Waals surface area contributed by atoms with Crippen molar-refractivity contribution >= 4 is 63.1 Å². The summed E-state index contributed by atoms with van der Waals surface area (Å²) >= 11 is 9.82. The number of nitrogens with one attached hydrogen (secondary N) is 2. The van der Waals surface area contributed by atoms with E-state index < -0.39 is 36.2 Å². The monoisotopic (exact) mass is 635 g/mol. The summed E-state index contributed by atoms with van der Waals surface area (Å²) in [7, 11) is 2.55. The van der Waals surface area contributed by atoms with Crippen LogP contribution in [0.25, 0.3) is 6.08 Å². The number of hydrogen-bond acceptors (Lipinski definition) is 8. The Labute approximate surface area is 239 Å². The minimum Gasteiger partial charge on any atom is -0.493 e. The molecule has 1 saturated heterocycles. The van der Waals surface area contributed by atoms with E-state index in [2.05, 4.69) is 31.3 Å². The number of hydrogen-bond donors (Lipinski definition) is 2. The number of benzene rings is 2. The maximum atomic E-state index is 13.4. The first-order valence-electron chi connectivity index (χ1n) is 11.4. The summed E-state index contributed by atoms with van der Waals surface area (Å²) in [6, 6.07) is 8.97. The molecule has 14 heteroatoms. The zero-order valence-corrected chi connectivity index (χ0v) is 23.2. The molecule has 0 aliphatic carbocycles. The van der Waals surface area contributed by atoms with Crippen LogP contribution in [0.3, 0.4) is 0 Å². The number of amides is 4. The number of methoxy groups -OCH3 is 2. The van der Waals surface area contributed by atoms with Crippen molar-refractivity contribution in [1.82, 2.24) is 10.2 Å². The van der Waals surface area contributed by atoms with Gasteiger partial charge in [0.1, 0.15) is 22.3 Å². The zero-order valence-electron chi connectivity index (χ0n) is 20.9. The number of furan rings is 1. The first-order chi connectivity index (χ1) is 19.1. The summed E-state index contributed by atoms with van der Waals surface area (Å²) in [5, 5.41) is 5.01. The van der Waals surface area contributed by atoms with Crippen molar-refractivity contribution in [3.8, 4) is 11.5 Å². The average Bonchev–Trinajstić information content (AvgIpc) is 3.50. The number of esters is 1. The highest BCUT2D eigenvalue weighted by molar-refractivity contribution is 9.10. The number of carbonyl (C=O) groups is 4. The second-order valence-corrected chi connectivity index (χ2v) is 9.28. The molecule has 1 fully saturated rings. The summed E-state index contributed by atoms with van der Waals surface area (Å²) in [6.07, 6.45) is 1.38. The molecule has 0 saturated carbocycles. The third-order valence-corrected chi connectivity index (χ3v) is 6.90. The van der Waals surface area contributed by atoms with E-state index in [0.29, 0.717) is 5.56 Å². The minimum absolute atomic E-state index is 0.0318. The highest BCUT2D eigenvalue weighted by Crippen LogP contribution is 2.43. The topological polar surface area (TPSA) is 136 Å². The van der Waals surface area contributed by atoms with E-state index in [0.717, 1.165) is 11.0 Å². The number of nitrogens with zero attached hydrogens (tertiary/aromatic N) is 1. The van der Waals surface area contributed by atoms with Crippen molar-refractivity contribution in [3.63, 3.8) is 0 Å². The Balaban J connectivity index is 1.50. The van der Waals surface area contributed by atoms with Crippen LogP contribution in [0.1, 0.15) is 21.9 Å². The van der Waals surface area contributed by atoms with E-state index in [4.69, 9.17) is 25.5 Å². The van der Waals surface area contributed by atoms with Gasteiger partial charge >= 0.3 is 12.0 Å². The molecule has 40 heavy (non-hydrogen) atoms. The standard InChI is InChI=1S/C26H20BrClFN3O8/c1-37-19-9-13(21(27)22(28)23(19)39-12-20(33)30-15-5-3-4-14(29)10-15)8-17-24(34)32(26(36)31-17)11-16-6-7-18(40-16)25(35)38-2/h3-10H,11-12H2,1-2H3,(H,30,33)(H,31,36)/b17-8-. The van der Waals surface area contributed by atoms with Crippen LogP contribution >= 0.6 is 27.5 Å². The van der Waals surface area contributed by atoms with Crippen LogP contribution < -0.4 is 20.1 Å². The number of imide groups is 1. The lowest BCUT2D eigenvalue weighted by Gasteiger charge is -2.15. The van der Waals surface area contributed by atoms with Crippen molar-refractivity contribution in [2.24, 2.45) is 0 Å². The number of carbonyl (C=O) groups excluding carboxylic acids is 4. The third-order valence-electron chi connectivity index (χ3n) is 5.46. The van der Waals surface area contributed by atoms with Gasteiger partial charge in [0.2, 0.25) is 5.76 Å². The highest BCUT2D eigenvalue weighted by Gasteiger charge is 2.35. The molecule has 0 bridgehead atoms. The molecule has 0 radical (unpaired) electrons. The normalized spacial score (nSPS) is 13.8. The number of halogens is 3. The van der Waals surface area contributed by atoms with Crippen LogP contribution in [0.2, 0.25) is 5.02 Å². The van der Waals surface area contributed by atoms with Crippen LogP contribution in [0, 0.1) is 5.82 Å². The van der Waals surface area contributed by atoms with Gasteiger partial charge in [-0.15, -0.1) is 0 Å². The molecule has 208 valence electrons. The second-order valence-electron chi connectivity index (χ2n) is 8.11. The van der Waals surface area contributed by atoms with Gasteiger partial charge in [0.25, 0.3) is 11.8 Å². The lowest BCUT2D eigenvalue weighted by Crippen LogP contribution is -2.30. The van der Waals surface area contributed by atoms with Gasteiger partial charge in [-0.3, -0.25) is 14.5 Å². The van der Waals surface area contributed by atoms with Gasteiger partial charge in [-0.1, -0.05) is 17.7 Å². The van der Waals surface area contributed by atoms with E-state index in [9.17, 15) is 23.6 Å². The number of ether oxygens (including phenoxy) is 3. The van der Waals surface area contributed by atoms with Crippen LogP contribution in [0.4, 0.5) is 14.9 Å². The molecule has 2 heterocycles. The number of urea groups is 1. The molecule has 1 aliphatic rings. The van der Waals surface area contributed by atoms with Crippen molar-refractivity contribution in [3.05, 3.63) is 80.6 Å². The van der Waals surface area contributed by atoms with E-state index in [-0.39, 0.29) is 50.4 Å². The van der Waals surface area contributed by atoms with Crippen LogP contribution in [-0.4, -0.2) is 49.5 Å². The molecular formula is C26H20BrClFN3O8. The number of rotatable bonds is 9. The summed E-state index contributed by atoms with van der Waals surface area (Å²) in [5.74, 6) is -2.13. The molecule has 1 aromatic heterocycles. The van der Waals surface area contributed by atoms with Gasteiger partial charge in [-0.2, -0.15) is 0 Å². The fraction of sp³-hybridized carbons (Fsp3) is 0.154. The maximum Gasteiger partial charge on any atom is 0.373 e. The van der Waals surface area contributed by atoms with Gasteiger partial charge in [-0.05, 0) is 64.0 Å². The SMILES string of the molecule is COC(=O)c1ccc(CN2C(=O)N/C(=C\c3cc(OC)c(OCC(=O)Nc4cccc(F)c4)c(Cl)c3Br)C2=O)o1. The Morgan fingerprint density at radius 1 is 1.20 bits per heavy atom. The van der Waals surface area contributed by atoms with Crippen molar-refractivity contribution in [2.75, 3.05) is 26.1 Å². The zero-order chi connectivity index (χ0) is 29.0. The molecule has 1 aliphatic heterocycles. The van der Waals surface area contributed by atoms with E-state index in [1.54, 1.807) is 0 Å². The summed E-state index contributed by atoms with van der Waals surface area (Å²) < 4.78 is 34.5. The smallest absolute Gasteiger partial charge is 0.373 e. The van der Waals surface area contributed by atoms with Crippen molar-refractivity contribution in [1.29, 1.82) is 0 Å². The summed E-state index contributed by atoms with van der Waals surface area (Å²) in [4.78, 5) is 50.2. The average molecular weight is 637 g/mol.